The maximum absolute atomic E-state index is 12.9. The molecule has 2 heteroatoms. The van der Waals surface area contributed by atoms with E-state index in [4.69, 9.17) is 0 Å². The summed E-state index contributed by atoms with van der Waals surface area (Å²) in [6.07, 6.45) is 1.83. The van der Waals surface area contributed by atoms with Crippen LogP contribution in [0.1, 0.15) is 5.56 Å². The zero-order chi connectivity index (χ0) is 13.9. The van der Waals surface area contributed by atoms with Crippen molar-refractivity contribution in [3.05, 3.63) is 78.2 Å². The lowest BCUT2D eigenvalue weighted by molar-refractivity contribution is 0.628. The molecule has 1 heterocycles. The van der Waals surface area contributed by atoms with E-state index in [-0.39, 0.29) is 5.82 Å². The van der Waals surface area contributed by atoms with Crippen molar-refractivity contribution in [2.75, 3.05) is 0 Å². The van der Waals surface area contributed by atoms with Gasteiger partial charge in [-0.05, 0) is 36.2 Å². The van der Waals surface area contributed by atoms with Crippen LogP contribution >= 0.6 is 0 Å². The van der Waals surface area contributed by atoms with Crippen molar-refractivity contribution in [3.63, 3.8) is 0 Å². The van der Waals surface area contributed by atoms with Crippen LogP contribution in [0.5, 0.6) is 0 Å². The first-order valence-electron chi connectivity index (χ1n) is 6.52. The molecule has 0 aliphatic carbocycles. The number of benzene rings is 2. The van der Waals surface area contributed by atoms with E-state index in [0.717, 1.165) is 22.4 Å². The normalized spacial score (nSPS) is 10.5. The Labute approximate surface area is 117 Å². The third-order valence-electron chi connectivity index (χ3n) is 3.36. The predicted octanol–water partition coefficient (Wildman–Crippen LogP) is 4.86. The number of pyridine rings is 1. The molecule has 0 amide bonds. The molecular weight excluding hydrogens is 249 g/mol. The first-order valence-corrected chi connectivity index (χ1v) is 6.52. The van der Waals surface area contributed by atoms with Crippen LogP contribution in [0.4, 0.5) is 4.39 Å². The minimum atomic E-state index is -0.224. The molecule has 1 nitrogen and oxygen atoms in total. The van der Waals surface area contributed by atoms with Gasteiger partial charge in [0.1, 0.15) is 5.82 Å². The molecular formula is C18H14FN. The number of aromatic nitrogens is 1. The van der Waals surface area contributed by atoms with Crippen LogP contribution in [-0.2, 0) is 0 Å². The molecule has 0 spiro atoms. The molecule has 98 valence electrons. The quantitative estimate of drug-likeness (QED) is 0.643. The zero-order valence-electron chi connectivity index (χ0n) is 11.2. The maximum atomic E-state index is 12.9. The number of aryl methyl sites for hydroxylation is 1. The molecule has 2 aromatic carbocycles. The van der Waals surface area contributed by atoms with E-state index in [0.29, 0.717) is 0 Å². The van der Waals surface area contributed by atoms with Crippen LogP contribution < -0.4 is 0 Å². The molecule has 1 aromatic heterocycles. The summed E-state index contributed by atoms with van der Waals surface area (Å²) in [7, 11) is 0. The second-order valence-corrected chi connectivity index (χ2v) is 4.75. The van der Waals surface area contributed by atoms with Crippen LogP contribution in [0.15, 0.2) is 66.9 Å². The van der Waals surface area contributed by atoms with Gasteiger partial charge in [-0.25, -0.2) is 4.39 Å². The standard InChI is InChI=1S/C18H14FN/c1-13-4-2-3-5-17(13)18-11-8-15(12-20-18)14-6-9-16(19)10-7-14/h2-12H,1H3. The summed E-state index contributed by atoms with van der Waals surface area (Å²) < 4.78 is 12.9. The zero-order valence-corrected chi connectivity index (χ0v) is 11.2. The highest BCUT2D eigenvalue weighted by molar-refractivity contribution is 5.68. The van der Waals surface area contributed by atoms with Crippen molar-refractivity contribution in [2.24, 2.45) is 0 Å². The van der Waals surface area contributed by atoms with Gasteiger partial charge < -0.3 is 0 Å². The minimum absolute atomic E-state index is 0.224. The van der Waals surface area contributed by atoms with E-state index in [1.807, 2.05) is 30.5 Å². The van der Waals surface area contributed by atoms with Crippen LogP contribution in [0.3, 0.4) is 0 Å². The number of rotatable bonds is 2. The summed E-state index contributed by atoms with van der Waals surface area (Å²) in [6, 6.07) is 18.6. The van der Waals surface area contributed by atoms with Crippen molar-refractivity contribution < 1.29 is 4.39 Å². The first kappa shape index (κ1) is 12.5. The molecule has 0 atom stereocenters. The highest BCUT2D eigenvalue weighted by Gasteiger charge is 2.03. The van der Waals surface area contributed by atoms with Crippen molar-refractivity contribution in [2.45, 2.75) is 6.92 Å². The van der Waals surface area contributed by atoms with E-state index < -0.39 is 0 Å². The number of hydrogen-bond acceptors (Lipinski definition) is 1. The Morgan fingerprint density at radius 2 is 1.50 bits per heavy atom. The molecule has 3 aromatic rings. The fraction of sp³-hybridized carbons (Fsp3) is 0.0556. The third-order valence-corrected chi connectivity index (χ3v) is 3.36. The van der Waals surface area contributed by atoms with Gasteiger partial charge in [0.2, 0.25) is 0 Å². The smallest absolute Gasteiger partial charge is 0.123 e. The van der Waals surface area contributed by atoms with Gasteiger partial charge in [-0.15, -0.1) is 0 Å². The Morgan fingerprint density at radius 3 is 2.15 bits per heavy atom. The van der Waals surface area contributed by atoms with E-state index in [9.17, 15) is 4.39 Å². The summed E-state index contributed by atoms with van der Waals surface area (Å²) in [5.41, 5.74) is 5.25. The van der Waals surface area contributed by atoms with Crippen molar-refractivity contribution in [1.82, 2.24) is 4.98 Å². The van der Waals surface area contributed by atoms with Gasteiger partial charge in [-0.2, -0.15) is 0 Å². The van der Waals surface area contributed by atoms with E-state index in [1.54, 1.807) is 12.1 Å². The lowest BCUT2D eigenvalue weighted by Gasteiger charge is -2.06. The van der Waals surface area contributed by atoms with E-state index >= 15 is 0 Å². The minimum Gasteiger partial charge on any atom is -0.256 e. The van der Waals surface area contributed by atoms with E-state index in [1.165, 1.54) is 17.7 Å². The van der Waals surface area contributed by atoms with Gasteiger partial charge in [0.25, 0.3) is 0 Å². The Morgan fingerprint density at radius 1 is 0.800 bits per heavy atom. The van der Waals surface area contributed by atoms with Crippen LogP contribution in [0.25, 0.3) is 22.4 Å². The lowest BCUT2D eigenvalue weighted by Crippen LogP contribution is -1.87. The van der Waals surface area contributed by atoms with Gasteiger partial charge in [-0.1, -0.05) is 42.5 Å². The molecule has 0 fully saturated rings. The van der Waals surface area contributed by atoms with Gasteiger partial charge in [0, 0.05) is 17.3 Å². The molecule has 3 rings (SSSR count). The Kier molecular flexibility index (Phi) is 3.30. The summed E-state index contributed by atoms with van der Waals surface area (Å²) >= 11 is 0. The second kappa shape index (κ2) is 5.25. The Hall–Kier alpha value is -2.48. The van der Waals surface area contributed by atoms with Crippen molar-refractivity contribution in [1.29, 1.82) is 0 Å². The summed E-state index contributed by atoms with van der Waals surface area (Å²) in [5.74, 6) is -0.224. The van der Waals surface area contributed by atoms with Crippen LogP contribution in [0.2, 0.25) is 0 Å². The fourth-order valence-corrected chi connectivity index (χ4v) is 2.23. The average Bonchev–Trinajstić information content (AvgIpc) is 2.49. The highest BCUT2D eigenvalue weighted by atomic mass is 19.1. The topological polar surface area (TPSA) is 12.9 Å². The Balaban J connectivity index is 1.96. The first-order chi connectivity index (χ1) is 9.74. The fourth-order valence-electron chi connectivity index (χ4n) is 2.23. The number of hydrogen-bond donors (Lipinski definition) is 0. The largest absolute Gasteiger partial charge is 0.256 e. The molecule has 0 bridgehead atoms. The molecule has 0 unspecified atom stereocenters. The third kappa shape index (κ3) is 2.45. The molecule has 0 saturated heterocycles. The molecule has 0 saturated carbocycles. The van der Waals surface area contributed by atoms with Crippen molar-refractivity contribution in [3.8, 4) is 22.4 Å². The Bertz CT molecular complexity index is 715. The lowest BCUT2D eigenvalue weighted by atomic mass is 10.0. The number of nitrogens with zero attached hydrogens (tertiary/aromatic N) is 1. The summed E-state index contributed by atoms with van der Waals surface area (Å²) in [5, 5.41) is 0. The van der Waals surface area contributed by atoms with Gasteiger partial charge in [0.15, 0.2) is 0 Å². The summed E-state index contributed by atoms with van der Waals surface area (Å²) in [4.78, 5) is 4.51. The van der Waals surface area contributed by atoms with Crippen LogP contribution in [0, 0.1) is 12.7 Å². The highest BCUT2D eigenvalue weighted by Crippen LogP contribution is 2.24. The van der Waals surface area contributed by atoms with Crippen molar-refractivity contribution >= 4 is 0 Å². The second-order valence-electron chi connectivity index (χ2n) is 4.75. The molecule has 0 N–H and O–H groups in total. The monoisotopic (exact) mass is 263 g/mol. The van der Waals surface area contributed by atoms with Gasteiger partial charge in [0.05, 0.1) is 5.69 Å². The SMILES string of the molecule is Cc1ccccc1-c1ccc(-c2ccc(F)cc2)cn1. The van der Waals surface area contributed by atoms with Gasteiger partial charge >= 0.3 is 0 Å². The predicted molar refractivity (Wildman–Crippen MR) is 79.8 cm³/mol. The molecule has 20 heavy (non-hydrogen) atoms. The van der Waals surface area contributed by atoms with E-state index in [2.05, 4.69) is 24.0 Å². The molecule has 0 aliphatic heterocycles. The molecule has 0 aliphatic rings. The van der Waals surface area contributed by atoms with Gasteiger partial charge in [-0.3, -0.25) is 4.98 Å². The number of halogens is 1. The van der Waals surface area contributed by atoms with Crippen LogP contribution in [-0.4, -0.2) is 4.98 Å². The molecule has 0 radical (unpaired) electrons. The average molecular weight is 263 g/mol. The summed E-state index contributed by atoms with van der Waals surface area (Å²) in [6.45, 7) is 2.07. The maximum Gasteiger partial charge on any atom is 0.123 e.